The van der Waals surface area contributed by atoms with Crippen molar-refractivity contribution in [3.63, 3.8) is 0 Å². The first-order chi connectivity index (χ1) is 7.79. The zero-order chi connectivity index (χ0) is 13.1. The lowest BCUT2D eigenvalue weighted by Gasteiger charge is -2.23. The van der Waals surface area contributed by atoms with Crippen molar-refractivity contribution in [3.8, 4) is 0 Å². The van der Waals surface area contributed by atoms with Crippen molar-refractivity contribution in [3.05, 3.63) is 29.6 Å². The molecule has 0 spiro atoms. The summed E-state index contributed by atoms with van der Waals surface area (Å²) in [6.07, 6.45) is 3.44. The molecular formula is C14H21NO2. The number of carbonyl (C=O) groups is 1. The minimum atomic E-state index is -0.893. The molecule has 0 fully saturated rings. The summed E-state index contributed by atoms with van der Waals surface area (Å²) >= 11 is 0. The van der Waals surface area contributed by atoms with Crippen molar-refractivity contribution >= 4 is 5.97 Å². The Bertz CT molecular complexity index is 393. The van der Waals surface area contributed by atoms with Crippen LogP contribution in [-0.4, -0.2) is 16.1 Å². The van der Waals surface area contributed by atoms with Crippen LogP contribution in [0.1, 0.15) is 50.2 Å². The van der Waals surface area contributed by atoms with E-state index in [-0.39, 0.29) is 5.41 Å². The van der Waals surface area contributed by atoms with E-state index in [4.69, 9.17) is 5.11 Å². The second-order valence-electron chi connectivity index (χ2n) is 5.88. The Balaban J connectivity index is 2.78. The average Bonchev–Trinajstić information content (AvgIpc) is 2.14. The zero-order valence-electron chi connectivity index (χ0n) is 11.0. The van der Waals surface area contributed by atoms with Crippen LogP contribution in [-0.2, 0) is 6.42 Å². The van der Waals surface area contributed by atoms with Gasteiger partial charge in [0.2, 0.25) is 0 Å². The first-order valence-electron chi connectivity index (χ1n) is 5.97. The lowest BCUT2D eigenvalue weighted by atomic mass is 9.83. The monoisotopic (exact) mass is 235 g/mol. The summed E-state index contributed by atoms with van der Waals surface area (Å²) in [5, 5.41) is 9.07. The van der Waals surface area contributed by atoms with Gasteiger partial charge in [-0.3, -0.25) is 4.98 Å². The number of pyridine rings is 1. The summed E-state index contributed by atoms with van der Waals surface area (Å²) in [5.74, 6) is -0.459. The van der Waals surface area contributed by atoms with Gasteiger partial charge in [0, 0.05) is 6.20 Å². The smallest absolute Gasteiger partial charge is 0.337 e. The molecule has 0 aliphatic heterocycles. The van der Waals surface area contributed by atoms with Gasteiger partial charge in [-0.2, -0.15) is 0 Å². The third-order valence-corrected chi connectivity index (χ3v) is 2.62. The number of aromatic nitrogens is 1. The maximum atomic E-state index is 11.0. The summed E-state index contributed by atoms with van der Waals surface area (Å²) in [6.45, 7) is 8.73. The number of hydrogen-bond donors (Lipinski definition) is 1. The Morgan fingerprint density at radius 1 is 1.47 bits per heavy atom. The highest BCUT2D eigenvalue weighted by Gasteiger charge is 2.18. The fourth-order valence-electron chi connectivity index (χ4n) is 2.24. The van der Waals surface area contributed by atoms with Crippen molar-refractivity contribution in [2.75, 3.05) is 0 Å². The number of carboxylic acid groups (broad SMARTS) is 1. The molecule has 0 bridgehead atoms. The Kier molecular flexibility index (Phi) is 4.27. The summed E-state index contributed by atoms with van der Waals surface area (Å²) in [4.78, 5) is 15.2. The van der Waals surface area contributed by atoms with Crippen molar-refractivity contribution in [1.29, 1.82) is 0 Å². The molecule has 1 aromatic heterocycles. The van der Waals surface area contributed by atoms with Crippen LogP contribution in [0.25, 0.3) is 0 Å². The van der Waals surface area contributed by atoms with Crippen molar-refractivity contribution in [1.82, 2.24) is 4.98 Å². The molecule has 3 heteroatoms. The minimum Gasteiger partial charge on any atom is -0.478 e. The van der Waals surface area contributed by atoms with Gasteiger partial charge in [-0.15, -0.1) is 0 Å². The largest absolute Gasteiger partial charge is 0.478 e. The van der Waals surface area contributed by atoms with Gasteiger partial charge in [-0.05, 0) is 36.3 Å². The van der Waals surface area contributed by atoms with Crippen molar-refractivity contribution in [2.24, 2.45) is 11.3 Å². The molecule has 0 saturated carbocycles. The van der Waals surface area contributed by atoms with Gasteiger partial charge in [0.15, 0.2) is 0 Å². The lowest BCUT2D eigenvalue weighted by Crippen LogP contribution is -2.15. The average molecular weight is 235 g/mol. The number of carboxylic acids is 1. The molecule has 0 amide bonds. The quantitative estimate of drug-likeness (QED) is 0.870. The third kappa shape index (κ3) is 4.55. The molecular weight excluding hydrogens is 214 g/mol. The van der Waals surface area contributed by atoms with E-state index in [0.717, 1.165) is 12.8 Å². The van der Waals surface area contributed by atoms with Gasteiger partial charge in [-0.1, -0.05) is 27.7 Å². The highest BCUT2D eigenvalue weighted by Crippen LogP contribution is 2.26. The SMILES string of the molecule is CC(Cc1ncccc1C(=O)O)CC(C)(C)C. The topological polar surface area (TPSA) is 50.2 Å². The predicted molar refractivity (Wildman–Crippen MR) is 68.1 cm³/mol. The molecule has 1 rings (SSSR count). The minimum absolute atomic E-state index is 0.261. The van der Waals surface area contributed by atoms with E-state index >= 15 is 0 Å². The highest BCUT2D eigenvalue weighted by atomic mass is 16.4. The van der Waals surface area contributed by atoms with E-state index in [1.54, 1.807) is 18.3 Å². The van der Waals surface area contributed by atoms with Crippen molar-refractivity contribution < 1.29 is 9.90 Å². The molecule has 17 heavy (non-hydrogen) atoms. The van der Waals surface area contributed by atoms with Crippen LogP contribution < -0.4 is 0 Å². The van der Waals surface area contributed by atoms with Gasteiger partial charge in [-0.25, -0.2) is 4.79 Å². The number of rotatable bonds is 4. The molecule has 0 radical (unpaired) electrons. The molecule has 0 aromatic carbocycles. The fourth-order valence-corrected chi connectivity index (χ4v) is 2.24. The van der Waals surface area contributed by atoms with E-state index in [9.17, 15) is 4.79 Å². The Morgan fingerprint density at radius 3 is 2.65 bits per heavy atom. The number of hydrogen-bond acceptors (Lipinski definition) is 2. The van der Waals surface area contributed by atoms with Crippen molar-refractivity contribution in [2.45, 2.75) is 40.5 Å². The van der Waals surface area contributed by atoms with Crippen LogP contribution in [0, 0.1) is 11.3 Å². The Morgan fingerprint density at radius 2 is 2.12 bits per heavy atom. The van der Waals surface area contributed by atoms with E-state index in [0.29, 0.717) is 17.2 Å². The van der Waals surface area contributed by atoms with E-state index < -0.39 is 5.97 Å². The summed E-state index contributed by atoms with van der Waals surface area (Å²) in [5.41, 5.74) is 1.28. The molecule has 1 N–H and O–H groups in total. The third-order valence-electron chi connectivity index (χ3n) is 2.62. The molecule has 0 aliphatic carbocycles. The van der Waals surface area contributed by atoms with E-state index in [2.05, 4.69) is 32.7 Å². The number of nitrogens with zero attached hydrogens (tertiary/aromatic N) is 1. The number of aromatic carboxylic acids is 1. The predicted octanol–water partition coefficient (Wildman–Crippen LogP) is 3.39. The highest BCUT2D eigenvalue weighted by molar-refractivity contribution is 5.88. The molecule has 0 saturated heterocycles. The second kappa shape index (κ2) is 5.30. The van der Waals surface area contributed by atoms with Gasteiger partial charge in [0.25, 0.3) is 0 Å². The molecule has 1 unspecified atom stereocenters. The van der Waals surface area contributed by atoms with Crippen LogP contribution in [0.4, 0.5) is 0 Å². The molecule has 1 atom stereocenters. The lowest BCUT2D eigenvalue weighted by molar-refractivity contribution is 0.0695. The zero-order valence-corrected chi connectivity index (χ0v) is 11.0. The maximum Gasteiger partial charge on any atom is 0.337 e. The van der Waals surface area contributed by atoms with E-state index in [1.807, 2.05) is 0 Å². The van der Waals surface area contributed by atoms with Gasteiger partial charge in [0.1, 0.15) is 0 Å². The molecule has 1 heterocycles. The second-order valence-corrected chi connectivity index (χ2v) is 5.88. The van der Waals surface area contributed by atoms with E-state index in [1.165, 1.54) is 0 Å². The molecule has 1 aromatic rings. The standard InChI is InChI=1S/C14H21NO2/c1-10(9-14(2,3)4)8-12-11(13(16)17)6-5-7-15-12/h5-7,10H,8-9H2,1-4H3,(H,16,17). The first kappa shape index (κ1) is 13.7. The normalized spacial score (nSPS) is 13.4. The van der Waals surface area contributed by atoms with Crippen LogP contribution in [0.5, 0.6) is 0 Å². The molecule has 3 nitrogen and oxygen atoms in total. The van der Waals surface area contributed by atoms with Crippen LogP contribution in [0.3, 0.4) is 0 Å². The summed E-state index contributed by atoms with van der Waals surface area (Å²) in [6, 6.07) is 3.29. The molecule has 94 valence electrons. The van der Waals surface area contributed by atoms with Crippen LogP contribution in [0.2, 0.25) is 0 Å². The fraction of sp³-hybridized carbons (Fsp3) is 0.571. The summed E-state index contributed by atoms with van der Waals surface area (Å²) in [7, 11) is 0. The Hall–Kier alpha value is -1.38. The van der Waals surface area contributed by atoms with Crippen LogP contribution in [0.15, 0.2) is 18.3 Å². The van der Waals surface area contributed by atoms with Crippen LogP contribution >= 0.6 is 0 Å². The van der Waals surface area contributed by atoms with Gasteiger partial charge in [0.05, 0.1) is 11.3 Å². The summed E-state index contributed by atoms with van der Waals surface area (Å²) < 4.78 is 0. The Labute approximate surface area is 103 Å². The molecule has 0 aliphatic rings. The van der Waals surface area contributed by atoms with Gasteiger partial charge < -0.3 is 5.11 Å². The maximum absolute atomic E-state index is 11.0. The van der Waals surface area contributed by atoms with Gasteiger partial charge >= 0.3 is 5.97 Å². The first-order valence-corrected chi connectivity index (χ1v) is 5.97.